The number of hydrogen-bond acceptors (Lipinski definition) is 4. The van der Waals surface area contributed by atoms with Crippen LogP contribution in [0.15, 0.2) is 23.0 Å². The van der Waals surface area contributed by atoms with Gasteiger partial charge in [-0.3, -0.25) is 4.98 Å². The van der Waals surface area contributed by atoms with E-state index >= 15 is 0 Å². The van der Waals surface area contributed by atoms with Gasteiger partial charge in [0.15, 0.2) is 5.82 Å². The van der Waals surface area contributed by atoms with Crippen molar-refractivity contribution >= 4 is 0 Å². The molecule has 2 heterocycles. The van der Waals surface area contributed by atoms with Crippen molar-refractivity contribution in [1.82, 2.24) is 15.1 Å². The van der Waals surface area contributed by atoms with Crippen molar-refractivity contribution in [3.05, 3.63) is 29.8 Å². The lowest BCUT2D eigenvalue weighted by atomic mass is 10.2. The van der Waals surface area contributed by atoms with Crippen molar-refractivity contribution < 1.29 is 4.52 Å². The molecule has 0 bridgehead atoms. The average Bonchev–Trinajstić information content (AvgIpc) is 2.52. The van der Waals surface area contributed by atoms with Gasteiger partial charge in [0.05, 0.1) is 5.56 Å². The summed E-state index contributed by atoms with van der Waals surface area (Å²) in [7, 11) is 0. The van der Waals surface area contributed by atoms with E-state index in [1.807, 2.05) is 13.0 Å². The van der Waals surface area contributed by atoms with Crippen LogP contribution in [-0.4, -0.2) is 15.1 Å². The topological polar surface area (TPSA) is 51.8 Å². The summed E-state index contributed by atoms with van der Waals surface area (Å²) in [4.78, 5) is 8.15. The minimum Gasteiger partial charge on any atom is -0.334 e. The summed E-state index contributed by atoms with van der Waals surface area (Å²) in [5.74, 6) is 1.16. The molecule has 66 valence electrons. The number of aromatic nitrogens is 3. The van der Waals surface area contributed by atoms with Crippen LogP contribution in [0.4, 0.5) is 0 Å². The van der Waals surface area contributed by atoms with Crippen molar-refractivity contribution in [1.29, 1.82) is 0 Å². The summed E-state index contributed by atoms with van der Waals surface area (Å²) in [5.41, 5.74) is 1.94. The first-order valence-electron chi connectivity index (χ1n) is 3.98. The highest BCUT2D eigenvalue weighted by molar-refractivity contribution is 5.51. The molecule has 0 radical (unpaired) electrons. The van der Waals surface area contributed by atoms with Gasteiger partial charge in [0.2, 0.25) is 0 Å². The Kier molecular flexibility index (Phi) is 1.81. The van der Waals surface area contributed by atoms with Crippen molar-refractivity contribution in [3.63, 3.8) is 0 Å². The van der Waals surface area contributed by atoms with Gasteiger partial charge >= 0.3 is 0 Å². The molecule has 0 atom stereocenters. The largest absolute Gasteiger partial charge is 0.334 e. The molecule has 0 amide bonds. The Morgan fingerprint density at radius 3 is 2.69 bits per heavy atom. The van der Waals surface area contributed by atoms with Crippen LogP contribution in [0.5, 0.6) is 0 Å². The molecule has 4 heteroatoms. The summed E-state index contributed by atoms with van der Waals surface area (Å²) in [5, 5.41) is 3.71. The lowest BCUT2D eigenvalue weighted by Crippen LogP contribution is -1.82. The van der Waals surface area contributed by atoms with Gasteiger partial charge in [-0.2, -0.15) is 4.98 Å². The monoisotopic (exact) mass is 175 g/mol. The highest BCUT2D eigenvalue weighted by Gasteiger charge is 2.05. The maximum atomic E-state index is 5.00. The smallest absolute Gasteiger partial charge is 0.259 e. The molecule has 4 nitrogen and oxygen atoms in total. The second-order valence-electron chi connectivity index (χ2n) is 2.90. The van der Waals surface area contributed by atoms with E-state index in [1.54, 1.807) is 19.3 Å². The van der Waals surface area contributed by atoms with Gasteiger partial charge in [-0.1, -0.05) is 5.16 Å². The zero-order chi connectivity index (χ0) is 9.26. The van der Waals surface area contributed by atoms with E-state index in [2.05, 4.69) is 15.1 Å². The molecule has 0 saturated carbocycles. The number of nitrogens with zero attached hydrogens (tertiary/aromatic N) is 3. The molecule has 0 saturated heterocycles. The molecule has 0 fully saturated rings. The molecule has 0 aliphatic carbocycles. The minimum absolute atomic E-state index is 0.522. The van der Waals surface area contributed by atoms with Gasteiger partial charge in [-0.25, -0.2) is 0 Å². The first-order chi connectivity index (χ1) is 6.25. The third-order valence-corrected chi connectivity index (χ3v) is 1.65. The zero-order valence-electron chi connectivity index (χ0n) is 7.48. The summed E-state index contributed by atoms with van der Waals surface area (Å²) < 4.78 is 5.00. The second kappa shape index (κ2) is 2.97. The molecule has 0 aliphatic rings. The summed E-state index contributed by atoms with van der Waals surface area (Å²) in [6, 6.07) is 1.96. The molecule has 0 aromatic carbocycles. The first kappa shape index (κ1) is 7.91. The third kappa shape index (κ3) is 1.56. The average molecular weight is 175 g/mol. The molecule has 0 spiro atoms. The maximum Gasteiger partial charge on any atom is 0.259 e. The van der Waals surface area contributed by atoms with Gasteiger partial charge in [0.25, 0.3) is 5.89 Å². The summed E-state index contributed by atoms with van der Waals surface area (Å²) in [6.07, 6.45) is 3.49. The van der Waals surface area contributed by atoms with Gasteiger partial charge in [-0.15, -0.1) is 0 Å². The lowest BCUT2D eigenvalue weighted by molar-refractivity contribution is 0.425. The van der Waals surface area contributed by atoms with Crippen LogP contribution in [0.3, 0.4) is 0 Å². The molecule has 13 heavy (non-hydrogen) atoms. The van der Waals surface area contributed by atoms with Crippen molar-refractivity contribution in [3.8, 4) is 11.5 Å². The van der Waals surface area contributed by atoms with Crippen LogP contribution < -0.4 is 0 Å². The van der Waals surface area contributed by atoms with Crippen LogP contribution in [0.25, 0.3) is 11.5 Å². The van der Waals surface area contributed by atoms with Crippen LogP contribution in [0, 0.1) is 13.8 Å². The Morgan fingerprint density at radius 1 is 1.23 bits per heavy atom. The van der Waals surface area contributed by atoms with Crippen LogP contribution >= 0.6 is 0 Å². The normalized spacial score (nSPS) is 10.3. The predicted octanol–water partition coefficient (Wildman–Crippen LogP) is 1.75. The number of rotatable bonds is 1. The quantitative estimate of drug-likeness (QED) is 0.662. The van der Waals surface area contributed by atoms with E-state index in [9.17, 15) is 0 Å². The standard InChI is InChI=1S/C9H9N3O/c1-6-3-8(5-10-4-6)9-11-7(2)12-13-9/h3-5H,1-2H3. The maximum absolute atomic E-state index is 5.00. The van der Waals surface area contributed by atoms with Gasteiger partial charge < -0.3 is 4.52 Å². The van der Waals surface area contributed by atoms with Crippen LogP contribution in [0.2, 0.25) is 0 Å². The lowest BCUT2D eigenvalue weighted by Gasteiger charge is -1.93. The highest BCUT2D eigenvalue weighted by Crippen LogP contribution is 2.16. The molecular weight excluding hydrogens is 166 g/mol. The molecule has 0 aliphatic heterocycles. The molecule has 2 aromatic heterocycles. The molecule has 0 N–H and O–H groups in total. The number of pyridine rings is 1. The van der Waals surface area contributed by atoms with Crippen molar-refractivity contribution in [2.45, 2.75) is 13.8 Å². The highest BCUT2D eigenvalue weighted by atomic mass is 16.5. The van der Waals surface area contributed by atoms with E-state index in [4.69, 9.17) is 4.52 Å². The van der Waals surface area contributed by atoms with Crippen LogP contribution in [-0.2, 0) is 0 Å². The van der Waals surface area contributed by atoms with Crippen molar-refractivity contribution in [2.24, 2.45) is 0 Å². The van der Waals surface area contributed by atoms with E-state index in [-0.39, 0.29) is 0 Å². The molecule has 0 unspecified atom stereocenters. The first-order valence-corrected chi connectivity index (χ1v) is 3.98. The Morgan fingerprint density at radius 2 is 2.08 bits per heavy atom. The van der Waals surface area contributed by atoms with Gasteiger partial charge in [0.1, 0.15) is 0 Å². The molecule has 2 aromatic rings. The fourth-order valence-electron chi connectivity index (χ4n) is 1.09. The SMILES string of the molecule is Cc1cncc(-c2nc(C)no2)c1. The fourth-order valence-corrected chi connectivity index (χ4v) is 1.09. The fraction of sp³-hybridized carbons (Fsp3) is 0.222. The Labute approximate surface area is 75.6 Å². The van der Waals surface area contributed by atoms with E-state index in [0.29, 0.717) is 11.7 Å². The Bertz CT molecular complexity index is 422. The summed E-state index contributed by atoms with van der Waals surface area (Å²) in [6.45, 7) is 3.76. The Balaban J connectivity index is 2.46. The number of hydrogen-bond donors (Lipinski definition) is 0. The van der Waals surface area contributed by atoms with Crippen molar-refractivity contribution in [2.75, 3.05) is 0 Å². The third-order valence-electron chi connectivity index (χ3n) is 1.65. The molecule has 2 rings (SSSR count). The zero-order valence-corrected chi connectivity index (χ0v) is 7.48. The van der Waals surface area contributed by atoms with E-state index < -0.39 is 0 Å². The van der Waals surface area contributed by atoms with Crippen LogP contribution in [0.1, 0.15) is 11.4 Å². The van der Waals surface area contributed by atoms with Gasteiger partial charge in [-0.05, 0) is 25.5 Å². The van der Waals surface area contributed by atoms with Gasteiger partial charge in [0, 0.05) is 12.4 Å². The molecular formula is C9H9N3O. The number of aryl methyl sites for hydroxylation is 2. The second-order valence-corrected chi connectivity index (χ2v) is 2.90. The summed E-state index contributed by atoms with van der Waals surface area (Å²) >= 11 is 0. The minimum atomic E-state index is 0.522. The van der Waals surface area contributed by atoms with E-state index in [1.165, 1.54) is 0 Å². The van der Waals surface area contributed by atoms with E-state index in [0.717, 1.165) is 11.1 Å². The Hall–Kier alpha value is -1.71. The predicted molar refractivity (Wildman–Crippen MR) is 47.0 cm³/mol.